The second kappa shape index (κ2) is 8.72. The summed E-state index contributed by atoms with van der Waals surface area (Å²) in [5.41, 5.74) is 1.30. The van der Waals surface area contributed by atoms with Crippen LogP contribution in [-0.4, -0.2) is 23.8 Å². The monoisotopic (exact) mass is 433 g/mol. The number of rotatable bonds is 8. The van der Waals surface area contributed by atoms with Crippen molar-refractivity contribution >= 4 is 45.2 Å². The highest BCUT2D eigenvalue weighted by atomic mass is 127. The zero-order valence-corrected chi connectivity index (χ0v) is 13.1. The van der Waals surface area contributed by atoms with E-state index in [0.717, 1.165) is 13.0 Å². The molecule has 15 heavy (non-hydrogen) atoms. The quantitative estimate of drug-likeness (QED) is 0.358. The number of unbranched alkanes of at least 4 members (excludes halogenated alkanes) is 2. The van der Waals surface area contributed by atoms with Gasteiger partial charge in [0.25, 0.3) is 0 Å². The van der Waals surface area contributed by atoms with Gasteiger partial charge in [-0.3, -0.25) is 0 Å². The minimum atomic E-state index is 1.02. The van der Waals surface area contributed by atoms with Crippen LogP contribution in [0.1, 0.15) is 31.4 Å². The van der Waals surface area contributed by atoms with Crippen LogP contribution in [0.3, 0.4) is 0 Å². The summed E-state index contributed by atoms with van der Waals surface area (Å²) < 4.78 is 4.51. The summed E-state index contributed by atoms with van der Waals surface area (Å²) in [5, 5.41) is 8.10. The molecule has 0 radical (unpaired) electrons. The van der Waals surface area contributed by atoms with Crippen molar-refractivity contribution in [1.29, 1.82) is 0 Å². The molecule has 0 bridgehead atoms. The Morgan fingerprint density at radius 3 is 2.60 bits per heavy atom. The molecular formula is C10H17I2N3. The minimum Gasteiger partial charge on any atom is -0.249 e. The molecule has 0 atom stereocenters. The summed E-state index contributed by atoms with van der Waals surface area (Å²) in [6, 6.07) is 0. The standard InChI is InChI=1S/C10H17I2N3/c11-6-3-1-2-5-10-9-13-14-15(10)8-4-7-12/h9H,1-8H2. The summed E-state index contributed by atoms with van der Waals surface area (Å²) in [4.78, 5) is 0. The van der Waals surface area contributed by atoms with Crippen molar-refractivity contribution in [2.45, 2.75) is 38.6 Å². The average molecular weight is 433 g/mol. The van der Waals surface area contributed by atoms with Gasteiger partial charge in [0, 0.05) is 11.0 Å². The van der Waals surface area contributed by atoms with E-state index in [1.54, 1.807) is 0 Å². The smallest absolute Gasteiger partial charge is 0.0725 e. The topological polar surface area (TPSA) is 30.7 Å². The van der Waals surface area contributed by atoms with Gasteiger partial charge in [0.2, 0.25) is 0 Å². The summed E-state index contributed by atoms with van der Waals surface area (Å²) >= 11 is 4.84. The van der Waals surface area contributed by atoms with Crippen molar-refractivity contribution in [1.82, 2.24) is 15.0 Å². The Hall–Kier alpha value is 0.600. The predicted molar refractivity (Wildman–Crippen MR) is 80.0 cm³/mol. The molecule has 0 aliphatic heterocycles. The Labute approximate surface area is 119 Å². The highest BCUT2D eigenvalue weighted by Crippen LogP contribution is 2.07. The number of alkyl halides is 2. The number of hydrogen-bond acceptors (Lipinski definition) is 2. The first-order valence-electron chi connectivity index (χ1n) is 5.37. The molecule has 0 saturated carbocycles. The lowest BCUT2D eigenvalue weighted by molar-refractivity contribution is 0.550. The highest BCUT2D eigenvalue weighted by Gasteiger charge is 2.02. The molecule has 5 heteroatoms. The maximum Gasteiger partial charge on any atom is 0.0725 e. The zero-order chi connectivity index (χ0) is 10.9. The van der Waals surface area contributed by atoms with E-state index in [0.29, 0.717) is 0 Å². The van der Waals surface area contributed by atoms with Gasteiger partial charge in [-0.1, -0.05) is 56.8 Å². The fourth-order valence-corrected chi connectivity index (χ4v) is 2.33. The molecule has 0 saturated heterocycles. The van der Waals surface area contributed by atoms with Gasteiger partial charge in [0.05, 0.1) is 11.9 Å². The van der Waals surface area contributed by atoms with E-state index in [9.17, 15) is 0 Å². The van der Waals surface area contributed by atoms with Gasteiger partial charge in [0.1, 0.15) is 0 Å². The molecule has 0 spiro atoms. The Balaban J connectivity index is 2.29. The molecule has 0 aliphatic rings. The third-order valence-corrected chi connectivity index (χ3v) is 3.79. The van der Waals surface area contributed by atoms with Crippen LogP contribution in [-0.2, 0) is 13.0 Å². The first kappa shape index (κ1) is 13.7. The maximum atomic E-state index is 4.11. The molecular weight excluding hydrogens is 416 g/mol. The lowest BCUT2D eigenvalue weighted by Gasteiger charge is -2.04. The Kier molecular flexibility index (Phi) is 7.94. The Morgan fingerprint density at radius 2 is 1.87 bits per heavy atom. The molecule has 1 rings (SSSR count). The van der Waals surface area contributed by atoms with Crippen molar-refractivity contribution in [2.24, 2.45) is 0 Å². The van der Waals surface area contributed by atoms with Crippen molar-refractivity contribution in [3.63, 3.8) is 0 Å². The normalized spacial score (nSPS) is 10.8. The Bertz CT molecular complexity index is 263. The number of halogens is 2. The van der Waals surface area contributed by atoms with Crippen molar-refractivity contribution in [2.75, 3.05) is 8.86 Å². The number of hydrogen-bond donors (Lipinski definition) is 0. The van der Waals surface area contributed by atoms with Crippen LogP contribution in [0.15, 0.2) is 6.20 Å². The molecule has 86 valence electrons. The zero-order valence-electron chi connectivity index (χ0n) is 8.83. The molecule has 0 amide bonds. The predicted octanol–water partition coefficient (Wildman–Crippen LogP) is 3.25. The summed E-state index contributed by atoms with van der Waals surface area (Å²) in [6.07, 6.45) is 8.14. The van der Waals surface area contributed by atoms with E-state index in [4.69, 9.17) is 0 Å². The highest BCUT2D eigenvalue weighted by molar-refractivity contribution is 14.1. The SMILES string of the molecule is ICCCCCc1cnnn1CCCI. The number of aryl methyl sites for hydroxylation is 2. The molecule has 0 aromatic carbocycles. The van der Waals surface area contributed by atoms with E-state index < -0.39 is 0 Å². The van der Waals surface area contributed by atoms with Crippen LogP contribution in [0.25, 0.3) is 0 Å². The molecule has 1 heterocycles. The van der Waals surface area contributed by atoms with Gasteiger partial charge in [-0.25, -0.2) is 4.68 Å². The summed E-state index contributed by atoms with van der Waals surface area (Å²) in [6.45, 7) is 1.02. The molecule has 0 fully saturated rings. The van der Waals surface area contributed by atoms with E-state index in [1.807, 2.05) is 6.20 Å². The first-order valence-corrected chi connectivity index (χ1v) is 8.43. The van der Waals surface area contributed by atoms with Gasteiger partial charge in [0.15, 0.2) is 0 Å². The van der Waals surface area contributed by atoms with Crippen molar-refractivity contribution < 1.29 is 0 Å². The van der Waals surface area contributed by atoms with Crippen LogP contribution in [0.4, 0.5) is 0 Å². The van der Waals surface area contributed by atoms with Gasteiger partial charge in [-0.2, -0.15) is 0 Å². The van der Waals surface area contributed by atoms with Crippen LogP contribution in [0.5, 0.6) is 0 Å². The second-order valence-electron chi connectivity index (χ2n) is 3.49. The second-order valence-corrected chi connectivity index (χ2v) is 5.65. The van der Waals surface area contributed by atoms with Gasteiger partial charge in [-0.05, 0) is 30.1 Å². The third-order valence-electron chi connectivity index (χ3n) is 2.27. The van der Waals surface area contributed by atoms with E-state index in [1.165, 1.54) is 40.2 Å². The molecule has 0 aliphatic carbocycles. The lowest BCUT2D eigenvalue weighted by Crippen LogP contribution is -2.05. The fraction of sp³-hybridized carbons (Fsp3) is 0.800. The molecule has 1 aromatic rings. The number of aromatic nitrogens is 3. The summed E-state index contributed by atoms with van der Waals surface area (Å²) in [5.74, 6) is 0. The first-order chi connectivity index (χ1) is 7.38. The van der Waals surface area contributed by atoms with Crippen LogP contribution < -0.4 is 0 Å². The molecule has 3 nitrogen and oxygen atoms in total. The molecule has 0 N–H and O–H groups in total. The van der Waals surface area contributed by atoms with Gasteiger partial charge in [-0.15, -0.1) is 5.10 Å². The van der Waals surface area contributed by atoms with Gasteiger partial charge < -0.3 is 0 Å². The van der Waals surface area contributed by atoms with Crippen LogP contribution in [0, 0.1) is 0 Å². The largest absolute Gasteiger partial charge is 0.249 e. The van der Waals surface area contributed by atoms with E-state index >= 15 is 0 Å². The summed E-state index contributed by atoms with van der Waals surface area (Å²) in [7, 11) is 0. The number of nitrogens with zero attached hydrogens (tertiary/aromatic N) is 3. The fourth-order valence-electron chi connectivity index (χ4n) is 1.45. The third kappa shape index (κ3) is 5.46. The Morgan fingerprint density at radius 1 is 1.07 bits per heavy atom. The average Bonchev–Trinajstić information content (AvgIpc) is 2.69. The maximum absolute atomic E-state index is 4.11. The van der Waals surface area contributed by atoms with Crippen molar-refractivity contribution in [3.8, 4) is 0 Å². The van der Waals surface area contributed by atoms with E-state index in [-0.39, 0.29) is 0 Å². The molecule has 1 aromatic heterocycles. The van der Waals surface area contributed by atoms with Crippen LogP contribution in [0.2, 0.25) is 0 Å². The lowest BCUT2D eigenvalue weighted by atomic mass is 10.2. The molecule has 0 unspecified atom stereocenters. The van der Waals surface area contributed by atoms with E-state index in [2.05, 4.69) is 60.2 Å². The van der Waals surface area contributed by atoms with Crippen LogP contribution >= 0.6 is 45.2 Å². The van der Waals surface area contributed by atoms with Gasteiger partial charge >= 0.3 is 0 Å². The van der Waals surface area contributed by atoms with Crippen molar-refractivity contribution in [3.05, 3.63) is 11.9 Å². The minimum absolute atomic E-state index is 1.02.